The molecule has 4 nitrogen and oxygen atoms in total. The molecule has 20 heavy (non-hydrogen) atoms. The van der Waals surface area contributed by atoms with Gasteiger partial charge in [0.1, 0.15) is 5.78 Å². The van der Waals surface area contributed by atoms with Gasteiger partial charge in [-0.25, -0.2) is 0 Å². The third-order valence-electron chi connectivity index (χ3n) is 3.16. The molecule has 106 valence electrons. The van der Waals surface area contributed by atoms with Crippen LogP contribution in [-0.4, -0.2) is 36.7 Å². The first kappa shape index (κ1) is 14.5. The topological polar surface area (TPSA) is 54.4 Å². The zero-order valence-electron chi connectivity index (χ0n) is 12.0. The number of nitrogens with one attached hydrogen (secondary N) is 1. The number of hydrogen-bond acceptors (Lipinski definition) is 3. The monoisotopic (exact) mass is 272 g/mol. The Morgan fingerprint density at radius 2 is 2.15 bits per heavy atom. The minimum atomic E-state index is 0.118. The highest BCUT2D eigenvalue weighted by molar-refractivity contribution is 6.01. The van der Waals surface area contributed by atoms with E-state index in [9.17, 15) is 4.79 Å². The van der Waals surface area contributed by atoms with Crippen molar-refractivity contribution < 1.29 is 9.53 Å². The molecule has 1 heterocycles. The summed E-state index contributed by atoms with van der Waals surface area (Å²) in [5, 5.41) is 1.24. The molecule has 0 radical (unpaired) electrons. The molecular formula is C16H20N2O2. The van der Waals surface area contributed by atoms with Crippen LogP contribution in [0.1, 0.15) is 18.9 Å². The van der Waals surface area contributed by atoms with Gasteiger partial charge >= 0.3 is 0 Å². The van der Waals surface area contributed by atoms with Crippen LogP contribution in [0.4, 0.5) is 0 Å². The zero-order chi connectivity index (χ0) is 14.4. The molecule has 0 aliphatic heterocycles. The smallest absolute Gasteiger partial charge is 0.135 e. The van der Waals surface area contributed by atoms with Crippen LogP contribution in [-0.2, 0) is 16.0 Å². The Morgan fingerprint density at radius 1 is 1.35 bits per heavy atom. The average Bonchev–Trinajstić information content (AvgIpc) is 2.82. The summed E-state index contributed by atoms with van der Waals surface area (Å²) in [7, 11) is 1.62. The second-order valence-electron chi connectivity index (χ2n) is 4.87. The Hall–Kier alpha value is -1.94. The van der Waals surface area contributed by atoms with Gasteiger partial charge in [0.05, 0.1) is 6.61 Å². The summed E-state index contributed by atoms with van der Waals surface area (Å²) < 4.78 is 5.07. The molecule has 1 aromatic carbocycles. The number of rotatable bonds is 7. The molecule has 1 N–H and O–H groups in total. The lowest BCUT2D eigenvalue weighted by atomic mass is 10.1. The minimum absolute atomic E-state index is 0.118. The normalized spacial score (nSPS) is 12.0. The Balaban J connectivity index is 2.01. The summed E-state index contributed by atoms with van der Waals surface area (Å²) in [6.07, 6.45) is 3.26. The maximum atomic E-state index is 11.2. The molecule has 4 heteroatoms. The fourth-order valence-electron chi connectivity index (χ4n) is 2.28. The number of methoxy groups -OCH3 is 1. The summed E-state index contributed by atoms with van der Waals surface area (Å²) >= 11 is 0. The van der Waals surface area contributed by atoms with Gasteiger partial charge in [0.2, 0.25) is 0 Å². The third kappa shape index (κ3) is 3.78. The summed E-state index contributed by atoms with van der Waals surface area (Å²) in [4.78, 5) is 18.9. The predicted molar refractivity (Wildman–Crippen MR) is 81.5 cm³/mol. The van der Waals surface area contributed by atoms with E-state index in [0.717, 1.165) is 17.6 Å². The van der Waals surface area contributed by atoms with E-state index in [-0.39, 0.29) is 5.78 Å². The van der Waals surface area contributed by atoms with Crippen molar-refractivity contribution in [2.45, 2.75) is 19.8 Å². The number of aromatic amines is 1. The zero-order valence-corrected chi connectivity index (χ0v) is 12.0. The highest BCUT2D eigenvalue weighted by atomic mass is 16.5. The first-order chi connectivity index (χ1) is 9.70. The Labute approximate surface area is 118 Å². The van der Waals surface area contributed by atoms with Gasteiger partial charge in [0, 0.05) is 42.9 Å². The number of fused-ring (bicyclic) bond motifs is 1. The van der Waals surface area contributed by atoms with Crippen LogP contribution >= 0.6 is 0 Å². The van der Waals surface area contributed by atoms with Crippen molar-refractivity contribution in [2.75, 3.05) is 20.3 Å². The number of aliphatic imine (C=N–C) groups is 1. The summed E-state index contributed by atoms with van der Waals surface area (Å²) in [5.41, 5.74) is 3.22. The average molecular weight is 272 g/mol. The summed E-state index contributed by atoms with van der Waals surface area (Å²) in [5.74, 6) is 0.118. The van der Waals surface area contributed by atoms with E-state index in [2.05, 4.69) is 22.1 Å². The quantitative estimate of drug-likeness (QED) is 0.788. The van der Waals surface area contributed by atoms with Crippen molar-refractivity contribution in [3.05, 3.63) is 36.0 Å². The lowest BCUT2D eigenvalue weighted by Crippen LogP contribution is -2.12. The number of H-pyrrole nitrogens is 1. The minimum Gasteiger partial charge on any atom is -0.379 e. The van der Waals surface area contributed by atoms with Crippen LogP contribution in [0.5, 0.6) is 0 Å². The molecule has 0 spiro atoms. The molecule has 0 saturated heterocycles. The molecule has 0 aliphatic carbocycles. The van der Waals surface area contributed by atoms with Gasteiger partial charge in [-0.15, -0.1) is 0 Å². The number of carbonyl (C=O) groups excluding carboxylic acids is 1. The molecular weight excluding hydrogens is 252 g/mol. The van der Waals surface area contributed by atoms with Crippen molar-refractivity contribution in [3.8, 4) is 0 Å². The second-order valence-corrected chi connectivity index (χ2v) is 4.87. The number of para-hydroxylation sites is 1. The number of nitrogens with zero attached hydrogens (tertiary/aromatic N) is 1. The van der Waals surface area contributed by atoms with E-state index >= 15 is 0 Å². The highest BCUT2D eigenvalue weighted by Crippen LogP contribution is 2.17. The van der Waals surface area contributed by atoms with Gasteiger partial charge in [0.15, 0.2) is 0 Å². The van der Waals surface area contributed by atoms with Gasteiger partial charge in [-0.3, -0.25) is 9.79 Å². The molecule has 1 aromatic heterocycles. The van der Waals surface area contributed by atoms with Crippen molar-refractivity contribution >= 4 is 22.4 Å². The van der Waals surface area contributed by atoms with Crippen molar-refractivity contribution in [3.63, 3.8) is 0 Å². The lowest BCUT2D eigenvalue weighted by molar-refractivity contribution is -0.115. The van der Waals surface area contributed by atoms with Crippen LogP contribution in [0.3, 0.4) is 0 Å². The van der Waals surface area contributed by atoms with Crippen LogP contribution in [0.25, 0.3) is 10.9 Å². The van der Waals surface area contributed by atoms with E-state index in [1.54, 1.807) is 14.0 Å². The maximum Gasteiger partial charge on any atom is 0.135 e. The summed E-state index contributed by atoms with van der Waals surface area (Å²) in [6.45, 7) is 2.67. The standard InChI is InChI=1S/C16H20N2O2/c1-12(19)9-14(11-20-2)17-8-7-13-10-18-16-6-4-3-5-15(13)16/h3-6,10,18H,7-9,11H2,1-2H3. The Morgan fingerprint density at radius 3 is 2.90 bits per heavy atom. The van der Waals surface area contributed by atoms with E-state index in [4.69, 9.17) is 4.74 Å². The number of aromatic nitrogens is 1. The van der Waals surface area contributed by atoms with E-state index in [1.807, 2.05) is 18.3 Å². The fourth-order valence-corrected chi connectivity index (χ4v) is 2.28. The summed E-state index contributed by atoms with van der Waals surface area (Å²) in [6, 6.07) is 8.23. The third-order valence-corrected chi connectivity index (χ3v) is 3.16. The number of ether oxygens (including phenoxy) is 1. The molecule has 0 amide bonds. The SMILES string of the molecule is COCC(CC(C)=O)=NCCc1c[nH]c2ccccc12. The number of carbonyl (C=O) groups is 1. The first-order valence-electron chi connectivity index (χ1n) is 6.76. The van der Waals surface area contributed by atoms with Crippen molar-refractivity contribution in [1.29, 1.82) is 0 Å². The number of Topliss-reactive ketones (excluding diaryl/α,β-unsaturated/α-hetero) is 1. The van der Waals surface area contributed by atoms with Gasteiger partial charge in [-0.05, 0) is 25.0 Å². The second kappa shape index (κ2) is 7.01. The number of hydrogen-bond donors (Lipinski definition) is 1. The predicted octanol–water partition coefficient (Wildman–Crippen LogP) is 2.78. The maximum absolute atomic E-state index is 11.2. The van der Waals surface area contributed by atoms with Crippen molar-refractivity contribution in [2.24, 2.45) is 4.99 Å². The van der Waals surface area contributed by atoms with Crippen LogP contribution in [0, 0.1) is 0 Å². The van der Waals surface area contributed by atoms with Crippen LogP contribution < -0.4 is 0 Å². The molecule has 2 rings (SSSR count). The van der Waals surface area contributed by atoms with E-state index < -0.39 is 0 Å². The number of ketones is 1. The van der Waals surface area contributed by atoms with Crippen molar-refractivity contribution in [1.82, 2.24) is 4.98 Å². The highest BCUT2D eigenvalue weighted by Gasteiger charge is 2.05. The van der Waals surface area contributed by atoms with E-state index in [1.165, 1.54) is 10.9 Å². The molecule has 2 aromatic rings. The fraction of sp³-hybridized carbons (Fsp3) is 0.375. The van der Waals surface area contributed by atoms with Gasteiger partial charge < -0.3 is 9.72 Å². The molecule has 0 fully saturated rings. The van der Waals surface area contributed by atoms with Crippen LogP contribution in [0.15, 0.2) is 35.5 Å². The molecule has 0 bridgehead atoms. The molecule has 0 unspecified atom stereocenters. The largest absolute Gasteiger partial charge is 0.379 e. The van der Waals surface area contributed by atoms with Gasteiger partial charge in [0.25, 0.3) is 0 Å². The molecule has 0 saturated carbocycles. The first-order valence-corrected chi connectivity index (χ1v) is 6.76. The van der Waals surface area contributed by atoms with Gasteiger partial charge in [-0.1, -0.05) is 18.2 Å². The Kier molecular flexibility index (Phi) is 5.07. The molecule has 0 atom stereocenters. The molecule has 0 aliphatic rings. The lowest BCUT2D eigenvalue weighted by Gasteiger charge is -2.03. The Bertz CT molecular complexity index is 614. The number of benzene rings is 1. The van der Waals surface area contributed by atoms with Gasteiger partial charge in [-0.2, -0.15) is 0 Å². The van der Waals surface area contributed by atoms with E-state index in [0.29, 0.717) is 19.6 Å². The van der Waals surface area contributed by atoms with Crippen LogP contribution in [0.2, 0.25) is 0 Å².